The molecular weight excluding hydrogens is 336 g/mol. The summed E-state index contributed by atoms with van der Waals surface area (Å²) in [6, 6.07) is 7.42. The van der Waals surface area contributed by atoms with E-state index in [9.17, 15) is 4.21 Å². The Bertz CT molecular complexity index is 379. The molecule has 0 aromatic heterocycles. The fourth-order valence-corrected chi connectivity index (χ4v) is 3.01. The predicted molar refractivity (Wildman–Crippen MR) is 89.1 cm³/mol. The first-order valence-corrected chi connectivity index (χ1v) is 9.41. The van der Waals surface area contributed by atoms with E-state index in [0.29, 0.717) is 6.61 Å². The maximum absolute atomic E-state index is 11.8. The van der Waals surface area contributed by atoms with E-state index in [2.05, 4.69) is 22.9 Å². The van der Waals surface area contributed by atoms with Crippen molar-refractivity contribution in [3.63, 3.8) is 0 Å². The Balaban J connectivity index is 2.01. The highest BCUT2D eigenvalue weighted by Crippen LogP contribution is 2.14. The summed E-state index contributed by atoms with van der Waals surface area (Å²) in [5.41, 5.74) is 0. The van der Waals surface area contributed by atoms with Crippen molar-refractivity contribution in [2.75, 3.05) is 6.61 Å². The van der Waals surface area contributed by atoms with E-state index < -0.39 is 11.1 Å². The van der Waals surface area contributed by atoms with Crippen molar-refractivity contribution in [1.82, 2.24) is 0 Å². The molecule has 1 atom stereocenters. The molecule has 0 radical (unpaired) electrons. The Morgan fingerprint density at radius 1 is 0.950 bits per heavy atom. The first-order chi connectivity index (χ1) is 9.74. The molecule has 1 aromatic carbocycles. The summed E-state index contributed by atoms with van der Waals surface area (Å²) in [6.45, 7) is 2.82. The molecule has 1 unspecified atom stereocenters. The lowest BCUT2D eigenvalue weighted by Gasteiger charge is -2.04. The van der Waals surface area contributed by atoms with Gasteiger partial charge in [-0.05, 0) is 30.7 Å². The van der Waals surface area contributed by atoms with Crippen LogP contribution in [0.4, 0.5) is 0 Å². The molecule has 0 aliphatic carbocycles. The molecule has 114 valence electrons. The van der Waals surface area contributed by atoms with E-state index in [-0.39, 0.29) is 0 Å². The van der Waals surface area contributed by atoms with Crippen LogP contribution in [-0.2, 0) is 15.3 Å². The molecule has 2 nitrogen and oxygen atoms in total. The summed E-state index contributed by atoms with van der Waals surface area (Å²) in [5, 5.41) is 0. The molecule has 0 amide bonds. The second kappa shape index (κ2) is 11.5. The molecule has 0 bridgehead atoms. The van der Waals surface area contributed by atoms with Crippen LogP contribution in [-0.4, -0.2) is 10.8 Å². The zero-order chi connectivity index (χ0) is 14.6. The average molecular weight is 361 g/mol. The molecule has 0 saturated heterocycles. The van der Waals surface area contributed by atoms with Gasteiger partial charge in [0.2, 0.25) is 0 Å². The Labute approximate surface area is 134 Å². The molecular formula is C16H25BrO2S. The van der Waals surface area contributed by atoms with Gasteiger partial charge in [0.1, 0.15) is 0 Å². The van der Waals surface area contributed by atoms with Gasteiger partial charge in [0.05, 0.1) is 11.5 Å². The van der Waals surface area contributed by atoms with Gasteiger partial charge in [-0.3, -0.25) is 4.18 Å². The topological polar surface area (TPSA) is 26.3 Å². The van der Waals surface area contributed by atoms with Crippen LogP contribution in [0.2, 0.25) is 0 Å². The van der Waals surface area contributed by atoms with Crippen molar-refractivity contribution in [2.24, 2.45) is 0 Å². The molecule has 1 rings (SSSR count). The van der Waals surface area contributed by atoms with Gasteiger partial charge in [-0.1, -0.05) is 67.8 Å². The molecule has 0 aliphatic heterocycles. The van der Waals surface area contributed by atoms with Crippen LogP contribution in [0.15, 0.2) is 33.6 Å². The van der Waals surface area contributed by atoms with Crippen LogP contribution in [0.25, 0.3) is 0 Å². The molecule has 0 saturated carbocycles. The summed E-state index contributed by atoms with van der Waals surface area (Å²) < 4.78 is 18.2. The summed E-state index contributed by atoms with van der Waals surface area (Å²) >= 11 is 2.03. The maximum atomic E-state index is 11.8. The number of rotatable bonds is 11. The fraction of sp³-hybridized carbons (Fsp3) is 0.625. The highest BCUT2D eigenvalue weighted by atomic mass is 79.9. The Hall–Kier alpha value is -0.190. The molecule has 0 aliphatic rings. The minimum Gasteiger partial charge on any atom is -0.287 e. The largest absolute Gasteiger partial charge is 0.287 e. The highest BCUT2D eigenvalue weighted by Gasteiger charge is 2.03. The summed E-state index contributed by atoms with van der Waals surface area (Å²) in [7, 11) is 0. The third kappa shape index (κ3) is 8.18. The van der Waals surface area contributed by atoms with Crippen LogP contribution in [0, 0.1) is 0 Å². The highest BCUT2D eigenvalue weighted by molar-refractivity contribution is 9.10. The van der Waals surface area contributed by atoms with Crippen LogP contribution in [0.3, 0.4) is 0 Å². The first-order valence-electron chi connectivity index (χ1n) is 7.54. The SMILES string of the molecule is CCCCCCCCCCOS(=O)c1ccc(Br)cc1. The smallest absolute Gasteiger partial charge is 0.189 e. The Morgan fingerprint density at radius 2 is 1.50 bits per heavy atom. The van der Waals surface area contributed by atoms with E-state index in [0.717, 1.165) is 15.8 Å². The Kier molecular flexibility index (Phi) is 10.2. The van der Waals surface area contributed by atoms with Crippen molar-refractivity contribution in [1.29, 1.82) is 0 Å². The van der Waals surface area contributed by atoms with Gasteiger partial charge in [-0.2, -0.15) is 0 Å². The normalized spacial score (nSPS) is 12.5. The van der Waals surface area contributed by atoms with E-state index in [4.69, 9.17) is 4.18 Å². The number of benzene rings is 1. The molecule has 0 fully saturated rings. The summed E-state index contributed by atoms with van der Waals surface area (Å²) in [6.07, 6.45) is 10.1. The molecule has 4 heteroatoms. The van der Waals surface area contributed by atoms with Gasteiger partial charge < -0.3 is 0 Å². The second-order valence-corrected chi connectivity index (χ2v) is 7.08. The lowest BCUT2D eigenvalue weighted by Crippen LogP contribution is -2.00. The zero-order valence-electron chi connectivity index (χ0n) is 12.3. The van der Waals surface area contributed by atoms with Gasteiger partial charge in [0.25, 0.3) is 0 Å². The van der Waals surface area contributed by atoms with Crippen molar-refractivity contribution in [3.05, 3.63) is 28.7 Å². The monoisotopic (exact) mass is 360 g/mol. The van der Waals surface area contributed by atoms with Gasteiger partial charge in [-0.15, -0.1) is 0 Å². The third-order valence-electron chi connectivity index (χ3n) is 3.19. The second-order valence-electron chi connectivity index (χ2n) is 4.99. The fourth-order valence-electron chi connectivity index (χ4n) is 1.98. The molecule has 0 spiro atoms. The summed E-state index contributed by atoms with van der Waals surface area (Å²) in [4.78, 5) is 0.729. The van der Waals surface area contributed by atoms with E-state index in [1.54, 1.807) is 0 Å². The van der Waals surface area contributed by atoms with Crippen LogP contribution in [0.1, 0.15) is 58.3 Å². The van der Waals surface area contributed by atoms with Crippen LogP contribution in [0.5, 0.6) is 0 Å². The van der Waals surface area contributed by atoms with Crippen molar-refractivity contribution >= 4 is 27.0 Å². The maximum Gasteiger partial charge on any atom is 0.189 e. The minimum absolute atomic E-state index is 0.581. The quantitative estimate of drug-likeness (QED) is 0.478. The molecule has 20 heavy (non-hydrogen) atoms. The van der Waals surface area contributed by atoms with Crippen molar-refractivity contribution < 1.29 is 8.39 Å². The standard InChI is InChI=1S/C16H25BrO2S/c1-2-3-4-5-6-7-8-9-14-19-20(18)16-12-10-15(17)11-13-16/h10-13H,2-9,14H2,1H3. The van der Waals surface area contributed by atoms with Gasteiger partial charge in [-0.25, -0.2) is 4.21 Å². The van der Waals surface area contributed by atoms with Gasteiger partial charge in [0.15, 0.2) is 11.1 Å². The molecule has 1 aromatic rings. The van der Waals surface area contributed by atoms with Crippen LogP contribution >= 0.6 is 15.9 Å². The molecule has 0 heterocycles. The number of halogens is 1. The first kappa shape index (κ1) is 17.9. The Morgan fingerprint density at radius 3 is 2.10 bits per heavy atom. The van der Waals surface area contributed by atoms with Crippen LogP contribution < -0.4 is 0 Å². The number of hydrogen-bond donors (Lipinski definition) is 0. The summed E-state index contributed by atoms with van der Waals surface area (Å²) in [5.74, 6) is 0. The predicted octanol–water partition coefficient (Wildman–Crippen LogP) is 5.63. The number of unbranched alkanes of at least 4 members (excludes halogenated alkanes) is 7. The lowest BCUT2D eigenvalue weighted by molar-refractivity contribution is 0.332. The van der Waals surface area contributed by atoms with E-state index >= 15 is 0 Å². The minimum atomic E-state index is -1.32. The third-order valence-corrected chi connectivity index (χ3v) is 4.76. The van der Waals surface area contributed by atoms with Gasteiger partial charge in [0, 0.05) is 4.47 Å². The number of hydrogen-bond acceptors (Lipinski definition) is 2. The van der Waals surface area contributed by atoms with Crippen molar-refractivity contribution in [3.8, 4) is 0 Å². The van der Waals surface area contributed by atoms with E-state index in [1.807, 2.05) is 24.3 Å². The average Bonchev–Trinajstić information content (AvgIpc) is 2.46. The van der Waals surface area contributed by atoms with Crippen molar-refractivity contribution in [2.45, 2.75) is 63.2 Å². The molecule has 0 N–H and O–H groups in total. The lowest BCUT2D eigenvalue weighted by atomic mass is 10.1. The van der Waals surface area contributed by atoms with Gasteiger partial charge >= 0.3 is 0 Å². The van der Waals surface area contributed by atoms with E-state index in [1.165, 1.54) is 44.9 Å². The zero-order valence-corrected chi connectivity index (χ0v) is 14.7.